The van der Waals surface area contributed by atoms with Gasteiger partial charge in [0.25, 0.3) is 5.56 Å². The van der Waals surface area contributed by atoms with Crippen LogP contribution < -0.4 is 16.6 Å². The van der Waals surface area contributed by atoms with Crippen LogP contribution in [0, 0.1) is 11.2 Å². The van der Waals surface area contributed by atoms with Crippen molar-refractivity contribution in [1.29, 1.82) is 5.41 Å². The fourth-order valence-corrected chi connectivity index (χ4v) is 5.22. The number of nitrogens with one attached hydrogen (secondary N) is 2. The summed E-state index contributed by atoms with van der Waals surface area (Å²) in [5, 5.41) is 19.1. The lowest BCUT2D eigenvalue weighted by atomic mass is 9.94. The van der Waals surface area contributed by atoms with E-state index in [1.807, 2.05) is 12.2 Å². The Morgan fingerprint density at radius 3 is 2.67 bits per heavy atom. The summed E-state index contributed by atoms with van der Waals surface area (Å²) in [5.74, 6) is -0.511. The molecule has 1 amide bonds. The molecule has 1 heterocycles. The number of carbonyl (C=O) groups is 1. The molecule has 9 nitrogen and oxygen atoms in total. The molecule has 0 spiro atoms. The molecule has 10 heteroatoms. The Bertz CT molecular complexity index is 1460. The molecule has 0 atom stereocenters. The molecule has 39 heavy (non-hydrogen) atoms. The van der Waals surface area contributed by atoms with Crippen molar-refractivity contribution in [2.75, 3.05) is 0 Å². The molecule has 0 unspecified atom stereocenters. The van der Waals surface area contributed by atoms with Gasteiger partial charge >= 0.3 is 6.09 Å². The Balaban J connectivity index is 1.75. The second kappa shape index (κ2) is 12.5. The van der Waals surface area contributed by atoms with Crippen molar-refractivity contribution in [2.45, 2.75) is 64.3 Å². The number of halogens is 1. The number of benzene rings is 2. The minimum Gasteiger partial charge on any atom is -0.465 e. The van der Waals surface area contributed by atoms with Crippen LogP contribution in [0.25, 0.3) is 11.1 Å². The molecule has 1 aliphatic carbocycles. The molecule has 1 aliphatic rings. The molecule has 0 bridgehead atoms. The number of aliphatic imine (C=N–C) groups is 1. The van der Waals surface area contributed by atoms with E-state index >= 15 is 4.39 Å². The number of carboxylic acid groups (broad SMARTS) is 1. The highest BCUT2D eigenvalue weighted by atomic mass is 19.1. The predicted octanol–water partition coefficient (Wildman–Crippen LogP) is 5.31. The van der Waals surface area contributed by atoms with Crippen molar-refractivity contribution < 1.29 is 14.3 Å². The van der Waals surface area contributed by atoms with Crippen LogP contribution in [-0.4, -0.2) is 32.9 Å². The van der Waals surface area contributed by atoms with Crippen LogP contribution >= 0.6 is 0 Å². The van der Waals surface area contributed by atoms with E-state index in [1.54, 1.807) is 41.0 Å². The van der Waals surface area contributed by atoms with Crippen LogP contribution in [0.3, 0.4) is 0 Å². The van der Waals surface area contributed by atoms with Crippen LogP contribution in [0.5, 0.6) is 0 Å². The predicted molar refractivity (Wildman–Crippen MR) is 150 cm³/mol. The second-order valence-corrected chi connectivity index (χ2v) is 9.67. The number of hydrogen-bond acceptors (Lipinski definition) is 5. The van der Waals surface area contributed by atoms with E-state index in [9.17, 15) is 9.59 Å². The van der Waals surface area contributed by atoms with Gasteiger partial charge in [-0.1, -0.05) is 69.0 Å². The maximum absolute atomic E-state index is 15.5. The quantitative estimate of drug-likeness (QED) is 0.229. The van der Waals surface area contributed by atoms with E-state index in [-0.39, 0.29) is 23.9 Å². The maximum atomic E-state index is 15.5. The Labute approximate surface area is 226 Å². The molecular formula is C29H33FN6O3. The van der Waals surface area contributed by atoms with Crippen molar-refractivity contribution in [3.05, 3.63) is 81.0 Å². The Morgan fingerprint density at radius 1 is 1.26 bits per heavy atom. The topological polar surface area (TPSA) is 146 Å². The Hall–Kier alpha value is -4.34. The van der Waals surface area contributed by atoms with Gasteiger partial charge in [-0.25, -0.2) is 19.2 Å². The lowest BCUT2D eigenvalue weighted by Crippen LogP contribution is -2.31. The molecule has 2 aromatic carbocycles. The van der Waals surface area contributed by atoms with Crippen LogP contribution in [0.2, 0.25) is 0 Å². The summed E-state index contributed by atoms with van der Waals surface area (Å²) in [6.45, 7) is 1.99. The molecule has 4 rings (SSSR count). The number of aromatic nitrogens is 2. The number of rotatable bonds is 8. The number of nitrogens with two attached hydrogens (primary N) is 1. The fraction of sp³-hybridized carbons (Fsp3) is 0.345. The second-order valence-electron chi connectivity index (χ2n) is 9.67. The molecule has 1 aromatic heterocycles. The van der Waals surface area contributed by atoms with Gasteiger partial charge in [0.2, 0.25) is 5.95 Å². The lowest BCUT2D eigenvalue weighted by molar-refractivity contribution is 0.200. The summed E-state index contributed by atoms with van der Waals surface area (Å²) in [6.07, 6.45) is 6.06. The lowest BCUT2D eigenvalue weighted by Gasteiger charge is -2.26. The van der Waals surface area contributed by atoms with Crippen molar-refractivity contribution >= 4 is 24.2 Å². The molecule has 1 fully saturated rings. The summed E-state index contributed by atoms with van der Waals surface area (Å²) in [6, 6.07) is 11.4. The summed E-state index contributed by atoms with van der Waals surface area (Å²) in [4.78, 5) is 33.8. The van der Waals surface area contributed by atoms with Gasteiger partial charge in [0.15, 0.2) is 0 Å². The van der Waals surface area contributed by atoms with E-state index in [0.29, 0.717) is 45.9 Å². The summed E-state index contributed by atoms with van der Waals surface area (Å²) >= 11 is 0. The molecular weight excluding hydrogens is 499 g/mol. The van der Waals surface area contributed by atoms with Crippen molar-refractivity contribution in [1.82, 2.24) is 14.9 Å². The molecule has 0 radical (unpaired) electrons. The molecule has 0 saturated heterocycles. The highest BCUT2D eigenvalue weighted by Gasteiger charge is 2.24. The minimum absolute atomic E-state index is 0.0228. The average molecular weight is 533 g/mol. The van der Waals surface area contributed by atoms with Crippen molar-refractivity contribution in [2.24, 2.45) is 10.7 Å². The van der Waals surface area contributed by atoms with E-state index in [2.05, 4.69) is 4.99 Å². The fourth-order valence-electron chi connectivity index (χ4n) is 5.22. The Morgan fingerprint density at radius 2 is 2.00 bits per heavy atom. The van der Waals surface area contributed by atoms with E-state index in [0.717, 1.165) is 44.9 Å². The van der Waals surface area contributed by atoms with Gasteiger partial charge in [-0.05, 0) is 42.0 Å². The third kappa shape index (κ3) is 6.22. The van der Waals surface area contributed by atoms with Crippen molar-refractivity contribution in [3.63, 3.8) is 0 Å². The average Bonchev–Trinajstić information content (AvgIpc) is 2.92. The third-order valence-corrected chi connectivity index (χ3v) is 7.05. The largest absolute Gasteiger partial charge is 0.465 e. The van der Waals surface area contributed by atoms with E-state index in [4.69, 9.17) is 21.2 Å². The highest BCUT2D eigenvalue weighted by molar-refractivity contribution is 6.08. The number of nitrogens with zero attached hydrogens (tertiary/aromatic N) is 3. The van der Waals surface area contributed by atoms with E-state index in [1.165, 1.54) is 6.07 Å². The number of amides is 1. The molecule has 0 aliphatic heterocycles. The van der Waals surface area contributed by atoms with Crippen LogP contribution in [0.4, 0.5) is 15.1 Å². The Kier molecular flexibility index (Phi) is 8.85. The summed E-state index contributed by atoms with van der Waals surface area (Å²) < 4.78 is 17.2. The minimum atomic E-state index is -1.35. The summed E-state index contributed by atoms with van der Waals surface area (Å²) in [5.41, 5.74) is 8.10. The van der Waals surface area contributed by atoms with Crippen LogP contribution in [-0.2, 0) is 12.8 Å². The molecule has 1 saturated carbocycles. The SMILES string of the molecule is CCCc1nc(N=CN)n(C2CCCCC2)c(=O)c1Cc1ccc(-c2ccccc2C(=N)NC(=O)O)cc1F. The van der Waals surface area contributed by atoms with Gasteiger partial charge in [-0.3, -0.25) is 20.1 Å². The maximum Gasteiger partial charge on any atom is 0.410 e. The van der Waals surface area contributed by atoms with Gasteiger partial charge in [0, 0.05) is 23.6 Å². The van der Waals surface area contributed by atoms with Crippen LogP contribution in [0.1, 0.15) is 73.9 Å². The van der Waals surface area contributed by atoms with E-state index < -0.39 is 11.9 Å². The number of aryl methyl sites for hydroxylation is 1. The third-order valence-electron chi connectivity index (χ3n) is 7.05. The molecule has 204 valence electrons. The first-order chi connectivity index (χ1) is 18.8. The van der Waals surface area contributed by atoms with Gasteiger partial charge in [-0.2, -0.15) is 0 Å². The van der Waals surface area contributed by atoms with Crippen LogP contribution in [0.15, 0.2) is 52.3 Å². The number of hydrogen-bond donors (Lipinski definition) is 4. The monoisotopic (exact) mass is 532 g/mol. The van der Waals surface area contributed by atoms with Crippen molar-refractivity contribution in [3.8, 4) is 11.1 Å². The first-order valence-corrected chi connectivity index (χ1v) is 13.2. The van der Waals surface area contributed by atoms with Gasteiger partial charge in [0.05, 0.1) is 12.0 Å². The first kappa shape index (κ1) is 27.7. The van der Waals surface area contributed by atoms with Gasteiger partial charge in [0.1, 0.15) is 11.7 Å². The molecule has 5 N–H and O–H groups in total. The molecule has 3 aromatic rings. The van der Waals surface area contributed by atoms with Gasteiger partial charge in [-0.15, -0.1) is 0 Å². The highest BCUT2D eigenvalue weighted by Crippen LogP contribution is 2.31. The zero-order valence-electron chi connectivity index (χ0n) is 21.9. The zero-order valence-corrected chi connectivity index (χ0v) is 21.9. The normalized spacial score (nSPS) is 14.0. The number of amidine groups is 1. The smallest absolute Gasteiger partial charge is 0.410 e. The zero-order chi connectivity index (χ0) is 27.9. The standard InChI is InChI=1S/C29H33FN6O3/c1-2-8-25-23(27(37)36(28(34-25)33-17-31)20-9-4-3-5-10-20)15-19-14-13-18(16-24(19)30)21-11-6-7-12-22(21)26(32)35-29(38)39/h6-7,11-14,16-17,20H,2-5,8-10,15H2,1H3,(H2,32,35)(H,38,39)(H2,31,33,34). The summed E-state index contributed by atoms with van der Waals surface area (Å²) in [7, 11) is 0. The van der Waals surface area contributed by atoms with Gasteiger partial charge < -0.3 is 10.8 Å². The first-order valence-electron chi connectivity index (χ1n) is 13.2.